The molecule has 4 nitrogen and oxygen atoms in total. The summed E-state index contributed by atoms with van der Waals surface area (Å²) in [5.74, 6) is -0.319. The summed E-state index contributed by atoms with van der Waals surface area (Å²) in [7, 11) is 0. The number of benzene rings is 2. The second-order valence-electron chi connectivity index (χ2n) is 7.00. The number of amides is 2. The van der Waals surface area contributed by atoms with Gasteiger partial charge in [0.2, 0.25) is 0 Å². The Bertz CT molecular complexity index is 1190. The van der Waals surface area contributed by atoms with Gasteiger partial charge in [0.1, 0.15) is 0 Å². The smallest absolute Gasteiger partial charge is 0.293 e. The van der Waals surface area contributed by atoms with Crippen molar-refractivity contribution < 1.29 is 9.59 Å². The Labute approximate surface area is 189 Å². The van der Waals surface area contributed by atoms with Crippen molar-refractivity contribution in [3.63, 3.8) is 0 Å². The van der Waals surface area contributed by atoms with Gasteiger partial charge in [-0.2, -0.15) is 0 Å². The van der Waals surface area contributed by atoms with Gasteiger partial charge in [-0.3, -0.25) is 14.5 Å². The van der Waals surface area contributed by atoms with Crippen molar-refractivity contribution in [3.8, 4) is 5.69 Å². The summed E-state index contributed by atoms with van der Waals surface area (Å²) in [6.45, 7) is 4.14. The molecule has 0 bridgehead atoms. The Morgan fingerprint density at radius 2 is 1.73 bits per heavy atom. The van der Waals surface area contributed by atoms with Crippen LogP contribution >= 0.6 is 35.0 Å². The molecule has 3 aromatic rings. The second kappa shape index (κ2) is 8.34. The first-order valence-corrected chi connectivity index (χ1v) is 10.9. The van der Waals surface area contributed by atoms with E-state index in [0.717, 1.165) is 34.4 Å². The quantitative estimate of drug-likeness (QED) is 0.413. The average molecular weight is 457 g/mol. The normalized spacial score (nSPS) is 15.5. The lowest BCUT2D eigenvalue weighted by Gasteiger charge is -2.13. The second-order valence-corrected chi connectivity index (χ2v) is 8.84. The van der Waals surface area contributed by atoms with Gasteiger partial charge in [0.05, 0.1) is 11.4 Å². The van der Waals surface area contributed by atoms with Crippen molar-refractivity contribution in [3.05, 3.63) is 92.1 Å². The van der Waals surface area contributed by atoms with Crippen LogP contribution in [0, 0.1) is 13.8 Å². The van der Waals surface area contributed by atoms with Crippen LogP contribution in [0.4, 0.5) is 4.79 Å². The summed E-state index contributed by atoms with van der Waals surface area (Å²) < 4.78 is 2.13. The molecule has 1 fully saturated rings. The summed E-state index contributed by atoms with van der Waals surface area (Å²) in [4.78, 5) is 27.0. The predicted octanol–water partition coefficient (Wildman–Crippen LogP) is 6.64. The summed E-state index contributed by atoms with van der Waals surface area (Å²) in [6.07, 6.45) is 1.79. The van der Waals surface area contributed by atoms with Gasteiger partial charge >= 0.3 is 0 Å². The first-order valence-electron chi connectivity index (χ1n) is 9.29. The average Bonchev–Trinajstić information content (AvgIpc) is 3.14. The molecular formula is C23H18Cl2N2O2S. The van der Waals surface area contributed by atoms with Gasteiger partial charge in [-0.1, -0.05) is 47.5 Å². The maximum absolute atomic E-state index is 12.9. The van der Waals surface area contributed by atoms with Crippen LogP contribution in [-0.4, -0.2) is 20.6 Å². The van der Waals surface area contributed by atoms with E-state index < -0.39 is 0 Å². The summed E-state index contributed by atoms with van der Waals surface area (Å²) in [5, 5.41) is 0.623. The fraction of sp³-hybridized carbons (Fsp3) is 0.130. The molecule has 0 aliphatic carbocycles. The molecule has 1 aliphatic rings. The van der Waals surface area contributed by atoms with E-state index in [4.69, 9.17) is 23.2 Å². The molecule has 0 spiro atoms. The minimum atomic E-state index is -0.319. The van der Waals surface area contributed by atoms with E-state index in [0.29, 0.717) is 20.5 Å². The lowest BCUT2D eigenvalue weighted by Crippen LogP contribution is -2.27. The van der Waals surface area contributed by atoms with Crippen LogP contribution < -0.4 is 0 Å². The monoisotopic (exact) mass is 456 g/mol. The Morgan fingerprint density at radius 3 is 2.43 bits per heavy atom. The number of thioether (sulfide) groups is 1. The van der Waals surface area contributed by atoms with Gasteiger partial charge in [-0.25, -0.2) is 0 Å². The summed E-state index contributed by atoms with van der Waals surface area (Å²) >= 11 is 13.1. The molecule has 1 aliphatic heterocycles. The Morgan fingerprint density at radius 1 is 1.00 bits per heavy atom. The van der Waals surface area contributed by atoms with Crippen molar-refractivity contribution in [2.45, 2.75) is 20.4 Å². The van der Waals surface area contributed by atoms with Crippen LogP contribution in [0.15, 0.2) is 59.5 Å². The highest BCUT2D eigenvalue weighted by atomic mass is 35.5. The van der Waals surface area contributed by atoms with Gasteiger partial charge in [0, 0.05) is 27.1 Å². The highest BCUT2D eigenvalue weighted by Crippen LogP contribution is 2.35. The van der Waals surface area contributed by atoms with Crippen molar-refractivity contribution in [2.24, 2.45) is 0 Å². The van der Waals surface area contributed by atoms with Crippen molar-refractivity contribution in [2.75, 3.05) is 0 Å². The third-order valence-corrected chi connectivity index (χ3v) is 6.48. The minimum Gasteiger partial charge on any atom is -0.318 e. The van der Waals surface area contributed by atoms with Crippen molar-refractivity contribution >= 4 is 52.2 Å². The first kappa shape index (κ1) is 20.8. The largest absolute Gasteiger partial charge is 0.318 e. The molecule has 0 radical (unpaired) electrons. The maximum Gasteiger partial charge on any atom is 0.293 e. The van der Waals surface area contributed by atoms with Crippen LogP contribution in [0.1, 0.15) is 22.5 Å². The van der Waals surface area contributed by atoms with Crippen LogP contribution in [0.2, 0.25) is 10.0 Å². The molecule has 0 saturated carbocycles. The number of hydrogen-bond donors (Lipinski definition) is 0. The number of hydrogen-bond acceptors (Lipinski definition) is 3. The third kappa shape index (κ3) is 3.93. The molecule has 0 unspecified atom stereocenters. The highest BCUT2D eigenvalue weighted by molar-refractivity contribution is 8.18. The molecule has 0 N–H and O–H groups in total. The number of nitrogens with zero attached hydrogens (tertiary/aromatic N) is 2. The standard InChI is InChI=1S/C23H18Cl2N2O2S/c1-14-10-17(15(2)27(14)19-6-4-3-5-7-19)11-21-22(28)26(23(29)30-21)13-16-8-9-18(24)12-20(16)25/h3-12H,13H2,1-2H3/b21-11+. The van der Waals surface area contributed by atoms with Crippen LogP contribution in [0.5, 0.6) is 0 Å². The van der Waals surface area contributed by atoms with E-state index in [9.17, 15) is 9.59 Å². The molecule has 30 heavy (non-hydrogen) atoms. The molecule has 152 valence electrons. The van der Waals surface area contributed by atoms with Crippen LogP contribution in [0.25, 0.3) is 11.8 Å². The molecule has 0 atom stereocenters. The SMILES string of the molecule is Cc1cc(/C=C2/SC(=O)N(Cc3ccc(Cl)cc3Cl)C2=O)c(C)n1-c1ccccc1. The van der Waals surface area contributed by atoms with Crippen LogP contribution in [-0.2, 0) is 11.3 Å². The van der Waals surface area contributed by atoms with Crippen molar-refractivity contribution in [1.29, 1.82) is 0 Å². The predicted molar refractivity (Wildman–Crippen MR) is 123 cm³/mol. The van der Waals surface area contributed by atoms with Crippen LogP contribution in [0.3, 0.4) is 0 Å². The number of aryl methyl sites for hydroxylation is 1. The van der Waals surface area contributed by atoms with Gasteiger partial charge in [-0.05, 0) is 73.1 Å². The Hall–Kier alpha value is -2.47. The number of carbonyl (C=O) groups excluding carboxylic acids is 2. The van der Waals surface area contributed by atoms with Gasteiger partial charge in [0.15, 0.2) is 0 Å². The zero-order valence-corrected chi connectivity index (χ0v) is 18.7. The maximum atomic E-state index is 12.9. The van der Waals surface area contributed by atoms with Gasteiger partial charge < -0.3 is 4.57 Å². The van der Waals surface area contributed by atoms with E-state index in [1.165, 1.54) is 4.90 Å². The molecular weight excluding hydrogens is 439 g/mol. The number of rotatable bonds is 4. The van der Waals surface area contributed by atoms with E-state index in [2.05, 4.69) is 4.57 Å². The van der Waals surface area contributed by atoms with Gasteiger partial charge in [0.25, 0.3) is 11.1 Å². The third-order valence-electron chi connectivity index (χ3n) is 4.99. The Balaban J connectivity index is 1.63. The fourth-order valence-corrected chi connectivity index (χ4v) is 4.80. The van der Waals surface area contributed by atoms with E-state index in [1.54, 1.807) is 24.3 Å². The minimum absolute atomic E-state index is 0.112. The first-order chi connectivity index (χ1) is 14.3. The lowest BCUT2D eigenvalue weighted by atomic mass is 10.2. The van der Waals surface area contributed by atoms with E-state index in [1.807, 2.05) is 50.2 Å². The molecule has 2 amide bonds. The molecule has 1 aromatic heterocycles. The Kier molecular flexibility index (Phi) is 5.78. The number of carbonyl (C=O) groups is 2. The molecule has 7 heteroatoms. The topological polar surface area (TPSA) is 42.3 Å². The number of aromatic nitrogens is 1. The molecule has 2 heterocycles. The van der Waals surface area contributed by atoms with E-state index >= 15 is 0 Å². The van der Waals surface area contributed by atoms with Gasteiger partial charge in [-0.15, -0.1) is 0 Å². The van der Waals surface area contributed by atoms with Crippen molar-refractivity contribution in [1.82, 2.24) is 9.47 Å². The zero-order chi connectivity index (χ0) is 21.4. The lowest BCUT2D eigenvalue weighted by molar-refractivity contribution is -0.123. The molecule has 2 aromatic carbocycles. The van der Waals surface area contributed by atoms with E-state index in [-0.39, 0.29) is 17.7 Å². The zero-order valence-electron chi connectivity index (χ0n) is 16.4. The molecule has 1 saturated heterocycles. The number of halogens is 2. The number of imide groups is 1. The highest BCUT2D eigenvalue weighted by Gasteiger charge is 2.35. The summed E-state index contributed by atoms with van der Waals surface area (Å²) in [6, 6.07) is 17.1. The number of para-hydroxylation sites is 1. The molecule has 4 rings (SSSR count). The summed E-state index contributed by atoms with van der Waals surface area (Å²) in [5.41, 5.74) is 4.69. The fourth-order valence-electron chi connectivity index (χ4n) is 3.51.